The van der Waals surface area contributed by atoms with E-state index in [0.717, 1.165) is 17.0 Å². The number of aromatic nitrogens is 1. The van der Waals surface area contributed by atoms with E-state index in [4.69, 9.17) is 5.41 Å². The Kier molecular flexibility index (Phi) is 6.91. The van der Waals surface area contributed by atoms with Crippen LogP contribution >= 0.6 is 0 Å². The van der Waals surface area contributed by atoms with Gasteiger partial charge in [0.25, 0.3) is 0 Å². The maximum Gasteiger partial charge on any atom is 0.330 e. The van der Waals surface area contributed by atoms with Gasteiger partial charge in [0.1, 0.15) is 0 Å². The van der Waals surface area contributed by atoms with Gasteiger partial charge in [-0.2, -0.15) is 0 Å². The number of pyridine rings is 1. The molecule has 6 nitrogen and oxygen atoms in total. The fraction of sp³-hybridized carbons (Fsp3) is 0.421. The summed E-state index contributed by atoms with van der Waals surface area (Å²) in [5.74, 6) is 1.61. The largest absolute Gasteiger partial charge is 0.571 e. The highest BCUT2D eigenvalue weighted by molar-refractivity contribution is 5.49. The summed E-state index contributed by atoms with van der Waals surface area (Å²) in [6.07, 6.45) is 0. The number of aromatic hydroxyl groups is 1. The van der Waals surface area contributed by atoms with Crippen molar-refractivity contribution in [1.29, 1.82) is 5.41 Å². The van der Waals surface area contributed by atoms with Crippen molar-refractivity contribution in [1.82, 2.24) is 4.57 Å². The first kappa shape index (κ1) is 20.4. The summed E-state index contributed by atoms with van der Waals surface area (Å²) in [7, 11) is 7.41. The van der Waals surface area contributed by atoms with E-state index in [9.17, 15) is 5.11 Å². The van der Waals surface area contributed by atoms with Crippen molar-refractivity contribution in [2.75, 3.05) is 21.3 Å². The first-order chi connectivity index (χ1) is 11.8. The molecule has 0 aliphatic rings. The Labute approximate surface area is 149 Å². The summed E-state index contributed by atoms with van der Waals surface area (Å²) in [6.45, 7) is 7.69. The highest BCUT2D eigenvalue weighted by atomic mass is 16.7. The third-order valence-electron chi connectivity index (χ3n) is 4.03. The van der Waals surface area contributed by atoms with Crippen LogP contribution < -0.4 is 5.49 Å². The molecule has 1 heterocycles. The van der Waals surface area contributed by atoms with Crippen LogP contribution in [-0.2, 0) is 11.4 Å². The molecule has 0 amide bonds. The number of azo groups is 2. The quantitative estimate of drug-likeness (QED) is 0.482. The summed E-state index contributed by atoms with van der Waals surface area (Å²) in [6, 6.07) is 7.91. The molecule has 0 bridgehead atoms. The van der Waals surface area contributed by atoms with Gasteiger partial charge in [0, 0.05) is 35.4 Å². The normalized spacial score (nSPS) is 11.0. The third-order valence-corrected chi connectivity index (χ3v) is 4.03. The number of hydrogen-bond donors (Lipinski definition) is 2. The second-order valence-electron chi connectivity index (χ2n) is 5.74. The van der Waals surface area contributed by atoms with Gasteiger partial charge in [-0.05, 0) is 13.8 Å². The summed E-state index contributed by atoms with van der Waals surface area (Å²) in [4.78, 5) is 0. The predicted molar refractivity (Wildman–Crippen MR) is 101 cm³/mol. The number of hydrogen-bond acceptors (Lipinski definition) is 3. The minimum absolute atomic E-state index is 0.00384. The van der Waals surface area contributed by atoms with E-state index in [1.807, 2.05) is 66.3 Å². The zero-order chi connectivity index (χ0) is 19.3. The van der Waals surface area contributed by atoms with Crippen LogP contribution in [-0.4, -0.2) is 35.6 Å². The molecule has 6 heteroatoms. The molecule has 2 N–H and O–H groups in total. The molecule has 0 saturated carbocycles. The molecule has 0 saturated heterocycles. The molecule has 0 aliphatic heterocycles. The number of nitrogens with zero attached hydrogens (tertiary/aromatic N) is 3. The molecule has 0 aliphatic carbocycles. The number of nitrogens with one attached hydrogen (secondary N) is 1. The molecule has 2 rings (SSSR count). The molecule has 0 atom stereocenters. The van der Waals surface area contributed by atoms with Crippen LogP contribution in [0.15, 0.2) is 29.4 Å². The standard InChI is InChI=1S/C17H23N4O2.C2H6/c1-11-12(2)17(20(3)16(18)15(11)22)19-21(4)13-9-7-8-10-14(13)23(5)6;1-2/h7-10,18H,1-6H3;1-2H3/q+1;/p+1. The van der Waals surface area contributed by atoms with Crippen LogP contribution in [0.4, 0.5) is 11.5 Å². The van der Waals surface area contributed by atoms with E-state index in [2.05, 4.69) is 9.48 Å². The summed E-state index contributed by atoms with van der Waals surface area (Å²) in [5.41, 5.74) is 2.51. The number of benzene rings is 1. The monoisotopic (exact) mass is 346 g/mol. The molecule has 0 radical (unpaired) electrons. The highest BCUT2D eigenvalue weighted by Gasteiger charge is 2.21. The van der Waals surface area contributed by atoms with Crippen molar-refractivity contribution in [2.24, 2.45) is 12.2 Å². The molecular formula is C19H30N4O2+2. The zero-order valence-electron chi connectivity index (χ0n) is 16.5. The molecule has 1 aromatic heterocycles. The molecule has 1 aromatic carbocycles. The lowest BCUT2D eigenvalue weighted by molar-refractivity contribution is -0.478. The summed E-state index contributed by atoms with van der Waals surface area (Å²) < 4.78 is 6.21. The van der Waals surface area contributed by atoms with E-state index >= 15 is 0 Å². The van der Waals surface area contributed by atoms with Crippen molar-refractivity contribution in [3.8, 4) is 11.5 Å². The van der Waals surface area contributed by atoms with Gasteiger partial charge in [-0.3, -0.25) is 5.41 Å². The number of rotatable bonds is 3. The zero-order valence-corrected chi connectivity index (χ0v) is 16.5. The lowest BCUT2D eigenvalue weighted by Gasteiger charge is -2.13. The second-order valence-corrected chi connectivity index (χ2v) is 5.74. The van der Waals surface area contributed by atoms with Crippen LogP contribution in [0.3, 0.4) is 0 Å². The molecule has 136 valence electrons. The minimum Gasteiger partial charge on any atom is -0.571 e. The predicted octanol–water partition coefficient (Wildman–Crippen LogP) is 4.44. The summed E-state index contributed by atoms with van der Waals surface area (Å²) in [5, 5.41) is 22.7. The first-order valence-corrected chi connectivity index (χ1v) is 8.31. The first-order valence-electron chi connectivity index (χ1n) is 8.31. The van der Waals surface area contributed by atoms with Crippen LogP contribution in [0.5, 0.6) is 11.5 Å². The SMILES string of the molecule is CC.Cc1c(C)c(N=[N+](C)c2ccccc2[O+](C)C)n(C)c(=N)c1O. The van der Waals surface area contributed by atoms with Crippen LogP contribution in [0, 0.1) is 19.3 Å². The molecule has 0 spiro atoms. The van der Waals surface area contributed by atoms with E-state index in [-0.39, 0.29) is 11.2 Å². The Morgan fingerprint density at radius 3 is 2.24 bits per heavy atom. The Morgan fingerprint density at radius 2 is 1.68 bits per heavy atom. The van der Waals surface area contributed by atoms with Crippen LogP contribution in [0.25, 0.3) is 0 Å². The van der Waals surface area contributed by atoms with E-state index < -0.39 is 0 Å². The lowest BCUT2D eigenvalue weighted by atomic mass is 10.1. The van der Waals surface area contributed by atoms with Crippen molar-refractivity contribution in [2.45, 2.75) is 27.7 Å². The molecule has 25 heavy (non-hydrogen) atoms. The van der Waals surface area contributed by atoms with E-state index in [0.29, 0.717) is 11.4 Å². The third kappa shape index (κ3) is 4.07. The van der Waals surface area contributed by atoms with Gasteiger partial charge in [-0.15, -0.1) is 0 Å². The Morgan fingerprint density at radius 1 is 1.12 bits per heavy atom. The maximum absolute atomic E-state index is 9.99. The van der Waals surface area contributed by atoms with Crippen molar-refractivity contribution in [3.63, 3.8) is 0 Å². The average Bonchev–Trinajstić information content (AvgIpc) is 2.63. The molecule has 0 unspecified atom stereocenters. The van der Waals surface area contributed by atoms with Gasteiger partial charge in [0.2, 0.25) is 5.82 Å². The van der Waals surface area contributed by atoms with Crippen molar-refractivity contribution >= 4 is 11.5 Å². The fourth-order valence-electron chi connectivity index (χ4n) is 2.45. The van der Waals surface area contributed by atoms with E-state index in [1.54, 1.807) is 23.2 Å². The smallest absolute Gasteiger partial charge is 0.330 e. The van der Waals surface area contributed by atoms with Gasteiger partial charge in [0.15, 0.2) is 32.5 Å². The average molecular weight is 346 g/mol. The highest BCUT2D eigenvalue weighted by Crippen LogP contribution is 2.33. The Bertz CT molecular complexity index is 836. The Hall–Kier alpha value is -2.63. The fourth-order valence-corrected chi connectivity index (χ4v) is 2.45. The molecule has 0 fully saturated rings. The summed E-state index contributed by atoms with van der Waals surface area (Å²) >= 11 is 0. The van der Waals surface area contributed by atoms with Gasteiger partial charge < -0.3 is 14.0 Å². The van der Waals surface area contributed by atoms with E-state index in [1.165, 1.54) is 0 Å². The minimum atomic E-state index is -0.00384. The number of para-hydroxylation sites is 2. The topological polar surface area (TPSA) is 67.1 Å². The molecular weight excluding hydrogens is 316 g/mol. The van der Waals surface area contributed by atoms with Crippen molar-refractivity contribution < 1.29 is 14.2 Å². The van der Waals surface area contributed by atoms with Gasteiger partial charge >= 0.3 is 11.4 Å². The Balaban J connectivity index is 0.00000151. The van der Waals surface area contributed by atoms with Crippen molar-refractivity contribution in [3.05, 3.63) is 40.9 Å². The maximum atomic E-state index is 9.99. The molecule has 2 aromatic rings. The second kappa shape index (κ2) is 8.46. The van der Waals surface area contributed by atoms with Crippen LogP contribution in [0.2, 0.25) is 0 Å². The van der Waals surface area contributed by atoms with Gasteiger partial charge in [-0.1, -0.05) is 30.7 Å². The van der Waals surface area contributed by atoms with Gasteiger partial charge in [-0.25, -0.2) is 0 Å². The van der Waals surface area contributed by atoms with Crippen LogP contribution in [0.1, 0.15) is 25.0 Å². The lowest BCUT2D eigenvalue weighted by Crippen LogP contribution is -2.19. The van der Waals surface area contributed by atoms with Gasteiger partial charge in [0.05, 0.1) is 0 Å².